The summed E-state index contributed by atoms with van der Waals surface area (Å²) in [5, 5.41) is 9.89. The SMILES string of the molecule is CCCCCC[C@@H](O)C/C=C\CCCCCCCC(=O)OC(=O)CCC(C)C. The van der Waals surface area contributed by atoms with Crippen LogP contribution in [0.4, 0.5) is 0 Å². The van der Waals surface area contributed by atoms with Gasteiger partial charge >= 0.3 is 11.9 Å². The average molecular weight is 397 g/mol. The van der Waals surface area contributed by atoms with Gasteiger partial charge in [0.25, 0.3) is 0 Å². The van der Waals surface area contributed by atoms with Crippen molar-refractivity contribution in [3.05, 3.63) is 12.2 Å². The number of carbonyl (C=O) groups is 2. The zero-order valence-electron chi connectivity index (χ0n) is 18.6. The third kappa shape index (κ3) is 19.6. The van der Waals surface area contributed by atoms with E-state index in [9.17, 15) is 14.7 Å². The monoisotopic (exact) mass is 396 g/mol. The van der Waals surface area contributed by atoms with Crippen LogP contribution in [-0.4, -0.2) is 23.1 Å². The van der Waals surface area contributed by atoms with Crippen LogP contribution in [0.3, 0.4) is 0 Å². The van der Waals surface area contributed by atoms with Crippen molar-refractivity contribution in [3.8, 4) is 0 Å². The molecule has 28 heavy (non-hydrogen) atoms. The summed E-state index contributed by atoms with van der Waals surface area (Å²) in [7, 11) is 0. The van der Waals surface area contributed by atoms with E-state index in [1.54, 1.807) is 0 Å². The van der Waals surface area contributed by atoms with Crippen LogP contribution in [0.2, 0.25) is 0 Å². The molecule has 0 saturated heterocycles. The van der Waals surface area contributed by atoms with Crippen LogP contribution in [0, 0.1) is 5.92 Å². The fourth-order valence-electron chi connectivity index (χ4n) is 2.99. The maximum atomic E-state index is 11.6. The lowest BCUT2D eigenvalue weighted by molar-refractivity contribution is -0.159. The smallest absolute Gasteiger partial charge is 0.313 e. The molecule has 0 saturated carbocycles. The molecule has 0 aliphatic carbocycles. The van der Waals surface area contributed by atoms with Crippen LogP contribution in [-0.2, 0) is 14.3 Å². The Labute approximate surface area is 173 Å². The number of aliphatic hydroxyl groups is 1. The highest BCUT2D eigenvalue weighted by Gasteiger charge is 2.10. The molecule has 0 radical (unpaired) electrons. The number of hydrogen-bond donors (Lipinski definition) is 1. The van der Waals surface area contributed by atoms with Gasteiger partial charge in [-0.3, -0.25) is 9.59 Å². The van der Waals surface area contributed by atoms with Crippen LogP contribution >= 0.6 is 0 Å². The second-order valence-electron chi connectivity index (χ2n) is 8.30. The highest BCUT2D eigenvalue weighted by atomic mass is 16.6. The summed E-state index contributed by atoms with van der Waals surface area (Å²) < 4.78 is 4.82. The largest absolute Gasteiger partial charge is 0.393 e. The van der Waals surface area contributed by atoms with Gasteiger partial charge in [-0.25, -0.2) is 0 Å². The molecule has 1 N–H and O–H groups in total. The number of esters is 2. The number of aliphatic hydroxyl groups excluding tert-OH is 1. The Bertz CT molecular complexity index is 415. The molecule has 0 aromatic heterocycles. The molecule has 0 fully saturated rings. The highest BCUT2D eigenvalue weighted by Crippen LogP contribution is 2.11. The molecule has 0 unspecified atom stereocenters. The first-order valence-electron chi connectivity index (χ1n) is 11.5. The van der Waals surface area contributed by atoms with Gasteiger partial charge in [-0.1, -0.05) is 77.9 Å². The van der Waals surface area contributed by atoms with Gasteiger partial charge < -0.3 is 9.84 Å². The normalized spacial score (nSPS) is 12.6. The van der Waals surface area contributed by atoms with Gasteiger partial charge in [-0.05, 0) is 44.4 Å². The van der Waals surface area contributed by atoms with Crippen LogP contribution in [0.15, 0.2) is 12.2 Å². The zero-order chi connectivity index (χ0) is 21.0. The lowest BCUT2D eigenvalue weighted by Gasteiger charge is -2.07. The number of allylic oxidation sites excluding steroid dienone is 1. The molecular formula is C24H44O4. The number of rotatable bonds is 18. The van der Waals surface area contributed by atoms with Crippen molar-refractivity contribution in [1.82, 2.24) is 0 Å². The van der Waals surface area contributed by atoms with Crippen molar-refractivity contribution >= 4 is 11.9 Å². The van der Waals surface area contributed by atoms with Gasteiger partial charge in [0, 0.05) is 12.8 Å². The zero-order valence-corrected chi connectivity index (χ0v) is 18.6. The Hall–Kier alpha value is -1.16. The van der Waals surface area contributed by atoms with Gasteiger partial charge in [0.2, 0.25) is 0 Å². The molecule has 0 rings (SSSR count). The van der Waals surface area contributed by atoms with Crippen LogP contribution < -0.4 is 0 Å². The molecule has 0 aromatic carbocycles. The van der Waals surface area contributed by atoms with E-state index < -0.39 is 5.97 Å². The molecule has 4 nitrogen and oxygen atoms in total. The van der Waals surface area contributed by atoms with Gasteiger partial charge in [-0.2, -0.15) is 0 Å². The summed E-state index contributed by atoms with van der Waals surface area (Å²) in [6.07, 6.45) is 18.3. The average Bonchev–Trinajstić information content (AvgIpc) is 2.65. The summed E-state index contributed by atoms with van der Waals surface area (Å²) in [4.78, 5) is 23.1. The molecule has 0 aliphatic heterocycles. The third-order valence-corrected chi connectivity index (χ3v) is 4.87. The summed E-state index contributed by atoms with van der Waals surface area (Å²) in [6, 6.07) is 0. The van der Waals surface area contributed by atoms with Crippen molar-refractivity contribution in [3.63, 3.8) is 0 Å². The Morgan fingerprint density at radius 2 is 1.46 bits per heavy atom. The molecule has 0 spiro atoms. The fourth-order valence-corrected chi connectivity index (χ4v) is 2.99. The van der Waals surface area contributed by atoms with Gasteiger partial charge in [-0.15, -0.1) is 0 Å². The van der Waals surface area contributed by atoms with Gasteiger partial charge in [0.15, 0.2) is 0 Å². The Balaban J connectivity index is 3.44. The maximum absolute atomic E-state index is 11.6. The van der Waals surface area contributed by atoms with E-state index in [1.165, 1.54) is 19.3 Å². The second-order valence-corrected chi connectivity index (χ2v) is 8.30. The van der Waals surface area contributed by atoms with E-state index in [0.717, 1.165) is 64.2 Å². The van der Waals surface area contributed by atoms with Crippen molar-refractivity contribution in [2.75, 3.05) is 0 Å². The van der Waals surface area contributed by atoms with Crippen molar-refractivity contribution in [2.45, 2.75) is 123 Å². The highest BCUT2D eigenvalue weighted by molar-refractivity contribution is 5.85. The van der Waals surface area contributed by atoms with E-state index in [1.807, 2.05) is 13.8 Å². The minimum atomic E-state index is -0.392. The lowest BCUT2D eigenvalue weighted by Crippen LogP contribution is -2.12. The predicted octanol–water partition coefficient (Wildman–Crippen LogP) is 6.50. The number of hydrogen-bond acceptors (Lipinski definition) is 4. The number of carbonyl (C=O) groups excluding carboxylic acids is 2. The van der Waals surface area contributed by atoms with Crippen molar-refractivity contribution in [1.29, 1.82) is 0 Å². The molecule has 0 bridgehead atoms. The summed E-state index contributed by atoms with van der Waals surface area (Å²) >= 11 is 0. The second kappa shape index (κ2) is 19.2. The van der Waals surface area contributed by atoms with Crippen molar-refractivity contribution in [2.24, 2.45) is 5.92 Å². The third-order valence-electron chi connectivity index (χ3n) is 4.87. The van der Waals surface area contributed by atoms with Crippen LogP contribution in [0.25, 0.3) is 0 Å². The molecule has 0 aliphatic rings. The van der Waals surface area contributed by atoms with Crippen molar-refractivity contribution < 1.29 is 19.4 Å². The Morgan fingerprint density at radius 3 is 2.18 bits per heavy atom. The molecule has 0 heterocycles. The van der Waals surface area contributed by atoms with E-state index in [-0.39, 0.29) is 12.1 Å². The number of ether oxygens (including phenoxy) is 1. The fraction of sp³-hybridized carbons (Fsp3) is 0.833. The molecule has 1 atom stereocenters. The van der Waals surface area contributed by atoms with Crippen LogP contribution in [0.1, 0.15) is 117 Å². The first-order valence-corrected chi connectivity index (χ1v) is 11.5. The molecular weight excluding hydrogens is 352 g/mol. The number of unbranched alkanes of at least 4 members (excludes halogenated alkanes) is 8. The standard InChI is InChI=1S/C24H44O4/c1-4-5-6-13-16-22(25)17-14-11-9-7-8-10-12-15-18-23(26)28-24(27)20-19-21(2)3/h11,14,21-22,25H,4-10,12-13,15-20H2,1-3H3/b14-11-/t22-/m1/s1. The lowest BCUT2D eigenvalue weighted by atomic mass is 10.1. The minimum absolute atomic E-state index is 0.190. The topological polar surface area (TPSA) is 63.6 Å². The Morgan fingerprint density at radius 1 is 0.821 bits per heavy atom. The Kier molecular flexibility index (Phi) is 18.4. The minimum Gasteiger partial charge on any atom is -0.393 e. The van der Waals surface area contributed by atoms with E-state index in [2.05, 4.69) is 19.1 Å². The first-order chi connectivity index (χ1) is 13.5. The predicted molar refractivity (Wildman–Crippen MR) is 116 cm³/mol. The molecule has 164 valence electrons. The first kappa shape index (κ1) is 26.8. The quantitative estimate of drug-likeness (QED) is 0.124. The van der Waals surface area contributed by atoms with E-state index in [4.69, 9.17) is 4.74 Å². The van der Waals surface area contributed by atoms with Crippen LogP contribution in [0.5, 0.6) is 0 Å². The molecule has 4 heteroatoms. The molecule has 0 aromatic rings. The summed E-state index contributed by atoms with van der Waals surface area (Å²) in [6.45, 7) is 6.29. The van der Waals surface area contributed by atoms with Gasteiger partial charge in [0.05, 0.1) is 6.10 Å². The maximum Gasteiger partial charge on any atom is 0.313 e. The summed E-state index contributed by atoms with van der Waals surface area (Å²) in [5.74, 6) is -0.334. The van der Waals surface area contributed by atoms with E-state index in [0.29, 0.717) is 18.8 Å². The molecule has 0 amide bonds. The van der Waals surface area contributed by atoms with E-state index >= 15 is 0 Å². The summed E-state index contributed by atoms with van der Waals surface area (Å²) in [5.41, 5.74) is 0. The van der Waals surface area contributed by atoms with Gasteiger partial charge in [0.1, 0.15) is 0 Å².